The number of rotatable bonds is 2. The molecule has 90 valence electrons. The van der Waals surface area contributed by atoms with E-state index in [1.807, 2.05) is 18.2 Å². The second-order valence-electron chi connectivity index (χ2n) is 4.96. The van der Waals surface area contributed by atoms with Gasteiger partial charge in [-0.15, -0.1) is 11.6 Å². The van der Waals surface area contributed by atoms with Gasteiger partial charge >= 0.3 is 0 Å². The van der Waals surface area contributed by atoms with Crippen LogP contribution in [0.4, 0.5) is 5.69 Å². The number of hydrogen-bond donors (Lipinski definition) is 0. The van der Waals surface area contributed by atoms with Crippen molar-refractivity contribution in [3.63, 3.8) is 0 Å². The first-order valence-electron chi connectivity index (χ1n) is 5.99. The van der Waals surface area contributed by atoms with E-state index >= 15 is 0 Å². The molecule has 0 aromatic heterocycles. The van der Waals surface area contributed by atoms with Crippen LogP contribution in [0.2, 0.25) is 0 Å². The highest BCUT2D eigenvalue weighted by atomic mass is 35.5. The summed E-state index contributed by atoms with van der Waals surface area (Å²) < 4.78 is 0. The van der Waals surface area contributed by atoms with E-state index in [4.69, 9.17) is 11.6 Å². The standard InChI is InChI=1S/C14H17ClN2/c1-10-8-17(9-11(10)2)14-4-3-12(6-15)5-13(14)7-16/h3-5,10-11H,6,8-9H2,1-2H3. The number of anilines is 1. The third kappa shape index (κ3) is 2.40. The van der Waals surface area contributed by atoms with Crippen molar-refractivity contribution in [3.05, 3.63) is 29.3 Å². The summed E-state index contributed by atoms with van der Waals surface area (Å²) in [5.74, 6) is 1.84. The number of alkyl halides is 1. The molecule has 1 aromatic carbocycles. The van der Waals surface area contributed by atoms with Crippen LogP contribution in [-0.2, 0) is 5.88 Å². The molecule has 2 rings (SSSR count). The van der Waals surface area contributed by atoms with Crippen molar-refractivity contribution < 1.29 is 0 Å². The molecule has 0 spiro atoms. The number of nitriles is 1. The van der Waals surface area contributed by atoms with E-state index in [2.05, 4.69) is 24.8 Å². The van der Waals surface area contributed by atoms with E-state index in [1.54, 1.807) is 0 Å². The van der Waals surface area contributed by atoms with E-state index < -0.39 is 0 Å². The second-order valence-corrected chi connectivity index (χ2v) is 5.22. The Hall–Kier alpha value is -1.20. The number of benzene rings is 1. The minimum Gasteiger partial charge on any atom is -0.370 e. The summed E-state index contributed by atoms with van der Waals surface area (Å²) in [6.07, 6.45) is 0. The molecule has 1 aliphatic heterocycles. The first-order chi connectivity index (χ1) is 8.15. The quantitative estimate of drug-likeness (QED) is 0.751. The Morgan fingerprint density at radius 3 is 2.53 bits per heavy atom. The van der Waals surface area contributed by atoms with Gasteiger partial charge in [-0.3, -0.25) is 0 Å². The first-order valence-corrected chi connectivity index (χ1v) is 6.53. The van der Waals surface area contributed by atoms with Gasteiger partial charge in [0.15, 0.2) is 0 Å². The molecule has 1 aliphatic rings. The van der Waals surface area contributed by atoms with Gasteiger partial charge in [-0.2, -0.15) is 5.26 Å². The average Bonchev–Trinajstić information content (AvgIpc) is 2.68. The Morgan fingerprint density at radius 1 is 1.35 bits per heavy atom. The molecule has 0 N–H and O–H groups in total. The van der Waals surface area contributed by atoms with Crippen molar-refractivity contribution in [3.8, 4) is 6.07 Å². The van der Waals surface area contributed by atoms with Crippen LogP contribution in [0.3, 0.4) is 0 Å². The third-order valence-electron chi connectivity index (χ3n) is 3.66. The normalized spacial score (nSPS) is 23.8. The fourth-order valence-corrected chi connectivity index (χ4v) is 2.52. The molecule has 0 bridgehead atoms. The molecule has 2 atom stereocenters. The topological polar surface area (TPSA) is 27.0 Å². The summed E-state index contributed by atoms with van der Waals surface area (Å²) in [7, 11) is 0. The Morgan fingerprint density at radius 2 is 2.00 bits per heavy atom. The molecule has 1 saturated heterocycles. The summed E-state index contributed by atoms with van der Waals surface area (Å²) in [5.41, 5.74) is 2.80. The monoisotopic (exact) mass is 248 g/mol. The fraction of sp³-hybridized carbons (Fsp3) is 0.500. The van der Waals surface area contributed by atoms with E-state index in [-0.39, 0.29) is 0 Å². The number of nitrogens with zero attached hydrogens (tertiary/aromatic N) is 2. The molecule has 17 heavy (non-hydrogen) atoms. The molecular weight excluding hydrogens is 232 g/mol. The smallest absolute Gasteiger partial charge is 0.101 e. The van der Waals surface area contributed by atoms with E-state index in [9.17, 15) is 5.26 Å². The average molecular weight is 249 g/mol. The van der Waals surface area contributed by atoms with Crippen LogP contribution in [0.1, 0.15) is 25.0 Å². The lowest BCUT2D eigenvalue weighted by Crippen LogP contribution is -2.20. The predicted molar refractivity (Wildman–Crippen MR) is 71.3 cm³/mol. The number of halogens is 1. The highest BCUT2D eigenvalue weighted by Gasteiger charge is 2.27. The van der Waals surface area contributed by atoms with Gasteiger partial charge in [0.1, 0.15) is 6.07 Å². The SMILES string of the molecule is CC1CN(c2ccc(CCl)cc2C#N)CC1C. The van der Waals surface area contributed by atoms with E-state index in [0.29, 0.717) is 17.7 Å². The van der Waals surface area contributed by atoms with Crippen molar-refractivity contribution in [2.45, 2.75) is 19.7 Å². The lowest BCUT2D eigenvalue weighted by Gasteiger charge is -2.20. The van der Waals surface area contributed by atoms with Gasteiger partial charge in [0.05, 0.1) is 11.3 Å². The molecule has 2 unspecified atom stereocenters. The summed E-state index contributed by atoms with van der Waals surface area (Å²) in [6.45, 7) is 6.61. The zero-order chi connectivity index (χ0) is 12.4. The first kappa shape index (κ1) is 12.3. The minimum atomic E-state index is 0.460. The largest absolute Gasteiger partial charge is 0.370 e. The van der Waals surface area contributed by atoms with Gasteiger partial charge in [0.25, 0.3) is 0 Å². The van der Waals surface area contributed by atoms with E-state index in [0.717, 1.165) is 29.9 Å². The van der Waals surface area contributed by atoms with Crippen LogP contribution < -0.4 is 4.90 Å². The van der Waals surface area contributed by atoms with Crippen LogP contribution in [0.25, 0.3) is 0 Å². The van der Waals surface area contributed by atoms with Crippen LogP contribution in [-0.4, -0.2) is 13.1 Å². The molecule has 3 heteroatoms. The molecule has 0 saturated carbocycles. The maximum absolute atomic E-state index is 9.21. The van der Waals surface area contributed by atoms with E-state index in [1.165, 1.54) is 0 Å². The van der Waals surface area contributed by atoms with Gasteiger partial charge in [0, 0.05) is 19.0 Å². The highest BCUT2D eigenvalue weighted by molar-refractivity contribution is 6.17. The summed E-state index contributed by atoms with van der Waals surface area (Å²) in [5, 5.41) is 9.21. The molecule has 1 heterocycles. The van der Waals surface area contributed by atoms with Crippen molar-refractivity contribution in [1.29, 1.82) is 5.26 Å². The molecule has 2 nitrogen and oxygen atoms in total. The van der Waals surface area contributed by atoms with Gasteiger partial charge in [-0.1, -0.05) is 19.9 Å². The zero-order valence-corrected chi connectivity index (χ0v) is 11.0. The van der Waals surface area contributed by atoms with Crippen LogP contribution in [0.15, 0.2) is 18.2 Å². The maximum atomic E-state index is 9.21. The summed E-state index contributed by atoms with van der Waals surface area (Å²) in [6, 6.07) is 8.21. The van der Waals surface area contributed by atoms with Crippen LogP contribution >= 0.6 is 11.6 Å². The maximum Gasteiger partial charge on any atom is 0.101 e. The lowest BCUT2D eigenvalue weighted by molar-refractivity contribution is 0.494. The molecule has 0 aliphatic carbocycles. The number of hydrogen-bond acceptors (Lipinski definition) is 2. The Kier molecular flexibility index (Phi) is 3.59. The molecule has 1 fully saturated rings. The van der Waals surface area contributed by atoms with Gasteiger partial charge < -0.3 is 4.90 Å². The summed E-state index contributed by atoms with van der Waals surface area (Å²) >= 11 is 5.79. The molecular formula is C14H17ClN2. The highest BCUT2D eigenvalue weighted by Crippen LogP contribution is 2.30. The summed E-state index contributed by atoms with van der Waals surface area (Å²) in [4.78, 5) is 2.31. The Bertz CT molecular complexity index is 440. The minimum absolute atomic E-state index is 0.460. The van der Waals surface area contributed by atoms with Crippen molar-refractivity contribution in [2.75, 3.05) is 18.0 Å². The fourth-order valence-electron chi connectivity index (χ4n) is 2.36. The van der Waals surface area contributed by atoms with Gasteiger partial charge in [0.2, 0.25) is 0 Å². The van der Waals surface area contributed by atoms with Crippen LogP contribution in [0.5, 0.6) is 0 Å². The van der Waals surface area contributed by atoms with Crippen molar-refractivity contribution >= 4 is 17.3 Å². The molecule has 1 aromatic rings. The van der Waals surface area contributed by atoms with Crippen LogP contribution in [0, 0.1) is 23.2 Å². The zero-order valence-electron chi connectivity index (χ0n) is 10.3. The Balaban J connectivity index is 2.30. The van der Waals surface area contributed by atoms with Gasteiger partial charge in [-0.05, 0) is 29.5 Å². The second kappa shape index (κ2) is 4.98. The Labute approximate surface area is 108 Å². The molecule has 0 amide bonds. The van der Waals surface area contributed by atoms with Crippen molar-refractivity contribution in [1.82, 2.24) is 0 Å². The van der Waals surface area contributed by atoms with Gasteiger partial charge in [-0.25, -0.2) is 0 Å². The lowest BCUT2D eigenvalue weighted by atomic mass is 10.0. The predicted octanol–water partition coefficient (Wildman–Crippen LogP) is 3.39. The third-order valence-corrected chi connectivity index (χ3v) is 3.97. The molecule has 0 radical (unpaired) electrons. The van der Waals surface area contributed by atoms with Crippen molar-refractivity contribution in [2.24, 2.45) is 11.8 Å².